The summed E-state index contributed by atoms with van der Waals surface area (Å²) in [7, 11) is 0. The van der Waals surface area contributed by atoms with Gasteiger partial charge in [0.25, 0.3) is 0 Å². The molecule has 0 radical (unpaired) electrons. The highest BCUT2D eigenvalue weighted by molar-refractivity contribution is 7.80. The highest BCUT2D eigenvalue weighted by atomic mass is 32.1. The van der Waals surface area contributed by atoms with Crippen molar-refractivity contribution in [1.29, 1.82) is 0 Å². The van der Waals surface area contributed by atoms with E-state index in [1.165, 1.54) is 0 Å². The van der Waals surface area contributed by atoms with E-state index < -0.39 is 0 Å². The molecule has 0 spiro atoms. The van der Waals surface area contributed by atoms with Crippen LogP contribution in [0.2, 0.25) is 0 Å². The molecule has 0 aromatic heterocycles. The van der Waals surface area contributed by atoms with Crippen LogP contribution in [0, 0.1) is 0 Å². The van der Waals surface area contributed by atoms with E-state index in [1.54, 1.807) is 0 Å². The third kappa shape index (κ3) is 4.66. The van der Waals surface area contributed by atoms with Crippen molar-refractivity contribution in [3.05, 3.63) is 29.8 Å². The molecule has 4 nitrogen and oxygen atoms in total. The van der Waals surface area contributed by atoms with E-state index in [0.29, 0.717) is 23.7 Å². The number of ether oxygens (including phenoxy) is 2. The van der Waals surface area contributed by atoms with Crippen LogP contribution in [0.3, 0.4) is 0 Å². The van der Waals surface area contributed by atoms with Gasteiger partial charge in [0.2, 0.25) is 0 Å². The van der Waals surface area contributed by atoms with Gasteiger partial charge in [-0.15, -0.1) is 0 Å². The average Bonchev–Trinajstić information content (AvgIpc) is 2.47. The summed E-state index contributed by atoms with van der Waals surface area (Å²) in [6.07, 6.45) is 1.29. The quantitative estimate of drug-likeness (QED) is 0.645. The maximum Gasteiger partial charge on any atom is 0.129 e. The first-order valence-corrected chi connectivity index (χ1v) is 7.86. The molecule has 1 aromatic carbocycles. The van der Waals surface area contributed by atoms with Crippen LogP contribution in [0.25, 0.3) is 0 Å². The van der Waals surface area contributed by atoms with E-state index in [0.717, 1.165) is 37.4 Å². The zero-order valence-corrected chi connectivity index (χ0v) is 13.6. The number of thiocarbonyl (C=S) groups is 1. The Balaban J connectivity index is 1.78. The third-order valence-electron chi connectivity index (χ3n) is 3.74. The first-order chi connectivity index (χ1) is 10.1. The summed E-state index contributed by atoms with van der Waals surface area (Å²) in [6, 6.07) is 8.13. The second kappa shape index (κ2) is 7.73. The highest BCUT2D eigenvalue weighted by Crippen LogP contribution is 2.18. The molecule has 1 aliphatic heterocycles. The van der Waals surface area contributed by atoms with Crippen molar-refractivity contribution in [3.8, 4) is 5.75 Å². The summed E-state index contributed by atoms with van der Waals surface area (Å²) >= 11 is 5.03. The number of hydrogen-bond acceptors (Lipinski definition) is 4. The van der Waals surface area contributed by atoms with E-state index in [4.69, 9.17) is 27.4 Å². The van der Waals surface area contributed by atoms with Gasteiger partial charge in [-0.05, 0) is 32.4 Å². The minimum Gasteiger partial charge on any atom is -0.493 e. The number of morpholine rings is 1. The predicted octanol–water partition coefficient (Wildman–Crippen LogP) is 2.20. The lowest BCUT2D eigenvalue weighted by Crippen LogP contribution is -2.47. The third-order valence-corrected chi connectivity index (χ3v) is 3.96. The van der Waals surface area contributed by atoms with E-state index in [1.807, 2.05) is 24.3 Å². The molecule has 21 heavy (non-hydrogen) atoms. The van der Waals surface area contributed by atoms with Crippen molar-refractivity contribution in [2.24, 2.45) is 5.73 Å². The number of nitrogens with two attached hydrogens (primary N) is 1. The minimum absolute atomic E-state index is 0.317. The van der Waals surface area contributed by atoms with E-state index in [9.17, 15) is 0 Å². The number of para-hydroxylation sites is 1. The largest absolute Gasteiger partial charge is 0.493 e. The fourth-order valence-corrected chi connectivity index (χ4v) is 2.70. The van der Waals surface area contributed by atoms with Gasteiger partial charge < -0.3 is 15.2 Å². The number of rotatable bonds is 6. The molecule has 2 atom stereocenters. The molecule has 2 N–H and O–H groups in total. The summed E-state index contributed by atoms with van der Waals surface area (Å²) in [4.78, 5) is 2.83. The Morgan fingerprint density at radius 3 is 2.95 bits per heavy atom. The molecule has 1 heterocycles. The first kappa shape index (κ1) is 16.2. The minimum atomic E-state index is 0.317. The van der Waals surface area contributed by atoms with Gasteiger partial charge in [0.05, 0.1) is 24.9 Å². The first-order valence-electron chi connectivity index (χ1n) is 7.45. The van der Waals surface area contributed by atoms with Gasteiger partial charge in [0, 0.05) is 19.1 Å². The van der Waals surface area contributed by atoms with Crippen molar-refractivity contribution in [3.63, 3.8) is 0 Å². The summed E-state index contributed by atoms with van der Waals surface area (Å²) in [5.41, 5.74) is 6.50. The van der Waals surface area contributed by atoms with E-state index in [-0.39, 0.29) is 0 Å². The Bertz CT molecular complexity index is 481. The smallest absolute Gasteiger partial charge is 0.129 e. The number of benzene rings is 1. The lowest BCUT2D eigenvalue weighted by atomic mass is 10.2. The predicted molar refractivity (Wildman–Crippen MR) is 88.9 cm³/mol. The fourth-order valence-electron chi connectivity index (χ4n) is 2.53. The molecule has 1 aliphatic rings. The summed E-state index contributed by atoms with van der Waals surface area (Å²) < 4.78 is 11.5. The van der Waals surface area contributed by atoms with Crippen LogP contribution >= 0.6 is 12.2 Å². The lowest BCUT2D eigenvalue weighted by Gasteiger charge is -2.36. The molecule has 1 fully saturated rings. The van der Waals surface area contributed by atoms with Gasteiger partial charge in [-0.1, -0.05) is 24.4 Å². The van der Waals surface area contributed by atoms with Crippen molar-refractivity contribution in [2.45, 2.75) is 32.4 Å². The SMILES string of the molecule is CC1CN(CCCOc2ccccc2C(N)=S)C(C)CO1. The van der Waals surface area contributed by atoms with Gasteiger partial charge in [-0.25, -0.2) is 0 Å². The van der Waals surface area contributed by atoms with Crippen molar-refractivity contribution < 1.29 is 9.47 Å². The number of nitrogens with zero attached hydrogens (tertiary/aromatic N) is 1. The standard InChI is InChI=1S/C16H24N2O2S/c1-12-11-20-13(2)10-18(12)8-5-9-19-15-7-4-3-6-14(15)16(17)21/h3-4,6-7,12-13H,5,8-11H2,1-2H3,(H2,17,21). The number of hydrogen-bond donors (Lipinski definition) is 1. The zero-order chi connectivity index (χ0) is 15.2. The van der Waals surface area contributed by atoms with Crippen LogP contribution in [0.1, 0.15) is 25.8 Å². The Labute approximate surface area is 132 Å². The van der Waals surface area contributed by atoms with Crippen LogP contribution in [0.15, 0.2) is 24.3 Å². The van der Waals surface area contributed by atoms with Crippen molar-refractivity contribution in [2.75, 3.05) is 26.3 Å². The molecule has 2 unspecified atom stereocenters. The zero-order valence-electron chi connectivity index (χ0n) is 12.7. The van der Waals surface area contributed by atoms with E-state index >= 15 is 0 Å². The second-order valence-corrected chi connectivity index (χ2v) is 5.99. The Hall–Kier alpha value is -1.17. The maximum atomic E-state index is 5.83. The Morgan fingerprint density at radius 1 is 1.43 bits per heavy atom. The molecule has 0 saturated carbocycles. The molecule has 1 aromatic rings. The normalized spacial score (nSPS) is 23.0. The monoisotopic (exact) mass is 308 g/mol. The highest BCUT2D eigenvalue weighted by Gasteiger charge is 2.22. The Kier molecular flexibility index (Phi) is 5.96. The Morgan fingerprint density at radius 2 is 2.19 bits per heavy atom. The maximum absolute atomic E-state index is 5.83. The van der Waals surface area contributed by atoms with Gasteiger partial charge in [-0.3, -0.25) is 4.90 Å². The molecule has 116 valence electrons. The van der Waals surface area contributed by atoms with Gasteiger partial charge in [0.15, 0.2) is 0 Å². The summed E-state index contributed by atoms with van der Waals surface area (Å²) in [5.74, 6) is 0.772. The van der Waals surface area contributed by atoms with Gasteiger partial charge in [-0.2, -0.15) is 0 Å². The van der Waals surface area contributed by atoms with Crippen molar-refractivity contribution in [1.82, 2.24) is 4.90 Å². The fraction of sp³-hybridized carbons (Fsp3) is 0.562. The molecule has 0 amide bonds. The topological polar surface area (TPSA) is 47.7 Å². The molecule has 5 heteroatoms. The van der Waals surface area contributed by atoms with Crippen LogP contribution < -0.4 is 10.5 Å². The van der Waals surface area contributed by atoms with Crippen LogP contribution in [0.5, 0.6) is 5.75 Å². The van der Waals surface area contributed by atoms with Crippen LogP contribution in [0.4, 0.5) is 0 Å². The van der Waals surface area contributed by atoms with Crippen LogP contribution in [-0.4, -0.2) is 48.3 Å². The average molecular weight is 308 g/mol. The summed E-state index contributed by atoms with van der Waals surface area (Å²) in [6.45, 7) is 7.81. The molecular weight excluding hydrogens is 284 g/mol. The lowest BCUT2D eigenvalue weighted by molar-refractivity contribution is -0.0502. The molecule has 2 rings (SSSR count). The van der Waals surface area contributed by atoms with Crippen LogP contribution in [-0.2, 0) is 4.74 Å². The van der Waals surface area contributed by atoms with Gasteiger partial charge in [0.1, 0.15) is 10.7 Å². The van der Waals surface area contributed by atoms with Gasteiger partial charge >= 0.3 is 0 Å². The van der Waals surface area contributed by atoms with E-state index in [2.05, 4.69) is 18.7 Å². The molecule has 0 aliphatic carbocycles. The molecular formula is C16H24N2O2S. The van der Waals surface area contributed by atoms with Crippen molar-refractivity contribution >= 4 is 17.2 Å². The summed E-state index contributed by atoms with van der Waals surface area (Å²) in [5, 5.41) is 0. The molecule has 1 saturated heterocycles. The second-order valence-electron chi connectivity index (χ2n) is 5.55. The molecule has 0 bridgehead atoms.